The Labute approximate surface area is 266 Å². The van der Waals surface area contributed by atoms with E-state index < -0.39 is 55.0 Å². The van der Waals surface area contributed by atoms with Gasteiger partial charge in [-0.05, 0) is 53.8 Å². The van der Waals surface area contributed by atoms with Gasteiger partial charge < -0.3 is 21.3 Å². The number of urea groups is 1. The summed E-state index contributed by atoms with van der Waals surface area (Å²) in [5.74, 6) is -5.21. The second-order valence-electron chi connectivity index (χ2n) is 9.76. The van der Waals surface area contributed by atoms with Gasteiger partial charge in [0.2, 0.25) is 11.8 Å². The van der Waals surface area contributed by atoms with Crippen molar-refractivity contribution in [1.82, 2.24) is 16.0 Å². The number of unbranched alkanes of at least 4 members (excludes halogenated alkanes) is 1. The molecule has 0 fully saturated rings. The Morgan fingerprint density at radius 1 is 0.761 bits per heavy atom. The minimum absolute atomic E-state index is 0.0645. The molecule has 46 heavy (non-hydrogen) atoms. The number of carbonyl (C=O) groups is 5. The molecule has 0 spiro atoms. The molecule has 1 unspecified atom stereocenters. The van der Waals surface area contributed by atoms with Crippen molar-refractivity contribution in [2.45, 2.75) is 37.9 Å². The average molecular weight is 663 g/mol. The minimum atomic E-state index is -5.37. The second kappa shape index (κ2) is 17.4. The molecular formula is C31H30ClF3N4O7. The molecule has 0 aromatic heterocycles. The molecule has 0 heterocycles. The third-order valence-corrected chi connectivity index (χ3v) is 6.48. The van der Waals surface area contributed by atoms with Crippen LogP contribution in [0, 0.1) is 0 Å². The summed E-state index contributed by atoms with van der Waals surface area (Å²) in [4.78, 5) is 67.4. The fourth-order valence-electron chi connectivity index (χ4n) is 3.96. The van der Waals surface area contributed by atoms with Crippen LogP contribution in [0.5, 0.6) is 0 Å². The monoisotopic (exact) mass is 662 g/mol. The van der Waals surface area contributed by atoms with Gasteiger partial charge in [-0.2, -0.15) is 13.2 Å². The zero-order chi connectivity index (χ0) is 33.5. The number of halogens is 4. The Balaban J connectivity index is 1.47. The van der Waals surface area contributed by atoms with E-state index in [1.807, 2.05) is 30.3 Å². The molecule has 0 aliphatic carbocycles. The van der Waals surface area contributed by atoms with E-state index in [9.17, 15) is 37.1 Å². The van der Waals surface area contributed by atoms with E-state index in [-0.39, 0.29) is 6.42 Å². The number of carbonyl (C=O) groups excluding carboxylic acids is 5. The van der Waals surface area contributed by atoms with E-state index in [4.69, 9.17) is 11.6 Å². The fraction of sp³-hybridized carbons (Fsp3) is 0.258. The third kappa shape index (κ3) is 12.5. The summed E-state index contributed by atoms with van der Waals surface area (Å²) in [5.41, 5.74) is 2.67. The Morgan fingerprint density at radius 3 is 2.07 bits per heavy atom. The first-order chi connectivity index (χ1) is 21.9. The molecular weight excluding hydrogens is 633 g/mol. The normalized spacial score (nSPS) is 11.5. The number of alkyl halides is 3. The van der Waals surface area contributed by atoms with E-state index in [0.29, 0.717) is 35.7 Å². The van der Waals surface area contributed by atoms with Crippen LogP contribution in [0.1, 0.15) is 37.3 Å². The summed E-state index contributed by atoms with van der Waals surface area (Å²) >= 11 is 5.81. The van der Waals surface area contributed by atoms with Gasteiger partial charge in [-0.3, -0.25) is 9.59 Å². The van der Waals surface area contributed by atoms with Crippen molar-refractivity contribution in [2.75, 3.05) is 18.4 Å². The first kappa shape index (κ1) is 35.4. The molecule has 0 aliphatic heterocycles. The van der Waals surface area contributed by atoms with Gasteiger partial charge in [0.05, 0.1) is 19.0 Å². The molecule has 0 saturated carbocycles. The highest BCUT2D eigenvalue weighted by Crippen LogP contribution is 2.24. The zero-order valence-corrected chi connectivity index (χ0v) is 25.0. The smallest absolute Gasteiger partial charge is 0.347 e. The Bertz CT molecular complexity index is 1490. The van der Waals surface area contributed by atoms with Crippen molar-refractivity contribution in [3.05, 3.63) is 89.4 Å². The number of hydrogen-bond acceptors (Lipinski definition) is 7. The molecule has 4 amide bonds. The number of hydrogen-bond donors (Lipinski definition) is 4. The maximum atomic E-state index is 12.6. The molecule has 11 nitrogen and oxygen atoms in total. The van der Waals surface area contributed by atoms with E-state index >= 15 is 0 Å². The van der Waals surface area contributed by atoms with Crippen LogP contribution < -0.4 is 21.3 Å². The lowest BCUT2D eigenvalue weighted by molar-refractivity contribution is -0.286. The van der Waals surface area contributed by atoms with Crippen LogP contribution in [-0.4, -0.2) is 49.0 Å². The van der Waals surface area contributed by atoms with Gasteiger partial charge in [-0.1, -0.05) is 66.2 Å². The molecule has 3 aromatic rings. The molecule has 1 atom stereocenters. The van der Waals surface area contributed by atoms with Gasteiger partial charge in [0, 0.05) is 23.7 Å². The predicted octanol–water partition coefficient (Wildman–Crippen LogP) is 5.23. The van der Waals surface area contributed by atoms with Crippen molar-refractivity contribution in [3.8, 4) is 11.1 Å². The van der Waals surface area contributed by atoms with Crippen LogP contribution in [-0.2, 0) is 29.0 Å². The number of benzene rings is 3. The largest absolute Gasteiger partial charge is 0.495 e. The van der Waals surface area contributed by atoms with Gasteiger partial charge in [-0.15, -0.1) is 0 Å². The molecule has 15 heteroatoms. The predicted molar refractivity (Wildman–Crippen MR) is 161 cm³/mol. The van der Waals surface area contributed by atoms with Gasteiger partial charge in [0.1, 0.15) is 0 Å². The van der Waals surface area contributed by atoms with Crippen LogP contribution >= 0.6 is 11.6 Å². The summed E-state index contributed by atoms with van der Waals surface area (Å²) in [6.07, 6.45) is -5.10. The van der Waals surface area contributed by atoms with Crippen LogP contribution in [0.15, 0.2) is 78.9 Å². The van der Waals surface area contributed by atoms with Gasteiger partial charge in [-0.25, -0.2) is 24.2 Å². The van der Waals surface area contributed by atoms with Gasteiger partial charge in [0.15, 0.2) is 0 Å². The maximum absolute atomic E-state index is 12.6. The molecule has 0 radical (unpaired) electrons. The molecule has 0 aliphatic rings. The summed E-state index contributed by atoms with van der Waals surface area (Å²) in [7, 11) is 0. The standard InChI is InChI=1S/C31H30ClF3N4O7/c32-23-13-15-24(16-14-23)38-30(44)36-17-5-4-8-26(40)37-19-27(41)39-25(18-28(42)45-46-29(43)31(33,34)35)22-11-9-21(10-12-22)20-6-2-1-3-7-20/h1-3,6-7,9-16,25H,4-5,8,17-19H2,(H,37,40)(H,39,41)(H2,36,38,44). The first-order valence-corrected chi connectivity index (χ1v) is 14.3. The van der Waals surface area contributed by atoms with E-state index in [0.717, 1.165) is 11.1 Å². The molecule has 0 saturated heterocycles. The molecule has 4 N–H and O–H groups in total. The van der Waals surface area contributed by atoms with E-state index in [1.165, 1.54) is 0 Å². The van der Waals surface area contributed by atoms with Crippen molar-refractivity contribution in [3.63, 3.8) is 0 Å². The SMILES string of the molecule is O=C(CCCCNC(=O)Nc1ccc(Cl)cc1)NCC(=O)NC(CC(=O)OOC(=O)C(F)(F)F)c1ccc(-c2ccccc2)cc1. The van der Waals surface area contributed by atoms with Crippen LogP contribution in [0.2, 0.25) is 5.02 Å². The number of rotatable bonds is 13. The minimum Gasteiger partial charge on any atom is -0.347 e. The number of anilines is 1. The fourth-order valence-corrected chi connectivity index (χ4v) is 4.08. The Hall–Kier alpha value is -5.11. The zero-order valence-electron chi connectivity index (χ0n) is 24.2. The first-order valence-electron chi connectivity index (χ1n) is 13.9. The lowest BCUT2D eigenvalue weighted by Crippen LogP contribution is -2.39. The average Bonchev–Trinajstić information content (AvgIpc) is 3.03. The van der Waals surface area contributed by atoms with Gasteiger partial charge in [0.25, 0.3) is 0 Å². The lowest BCUT2D eigenvalue weighted by atomic mass is 9.99. The maximum Gasteiger partial charge on any atom is 0.495 e. The molecule has 244 valence electrons. The summed E-state index contributed by atoms with van der Waals surface area (Å²) < 4.78 is 37.1. The van der Waals surface area contributed by atoms with E-state index in [2.05, 4.69) is 31.0 Å². The topological polar surface area (TPSA) is 152 Å². The van der Waals surface area contributed by atoms with Crippen LogP contribution in [0.4, 0.5) is 23.7 Å². The van der Waals surface area contributed by atoms with Crippen molar-refractivity contribution in [1.29, 1.82) is 0 Å². The summed E-state index contributed by atoms with van der Waals surface area (Å²) in [6.45, 7) is -0.163. The summed E-state index contributed by atoms with van der Waals surface area (Å²) in [6, 6.07) is 21.0. The molecule has 3 rings (SSSR count). The highest BCUT2D eigenvalue weighted by atomic mass is 35.5. The second-order valence-corrected chi connectivity index (χ2v) is 10.2. The molecule has 3 aromatic carbocycles. The van der Waals surface area contributed by atoms with Crippen LogP contribution in [0.3, 0.4) is 0 Å². The van der Waals surface area contributed by atoms with Crippen molar-refractivity contribution >= 4 is 47.1 Å². The third-order valence-electron chi connectivity index (χ3n) is 6.23. The Kier molecular flexibility index (Phi) is 13.4. The molecule has 0 bridgehead atoms. The lowest BCUT2D eigenvalue weighted by Gasteiger charge is -2.19. The highest BCUT2D eigenvalue weighted by molar-refractivity contribution is 6.30. The Morgan fingerprint density at radius 2 is 1.41 bits per heavy atom. The van der Waals surface area contributed by atoms with E-state index in [1.54, 1.807) is 48.5 Å². The highest BCUT2D eigenvalue weighted by Gasteiger charge is 2.43. The van der Waals surface area contributed by atoms with Crippen molar-refractivity contribution < 1.29 is 46.9 Å². The number of amides is 4. The quantitative estimate of drug-likeness (QED) is 0.111. The van der Waals surface area contributed by atoms with Crippen molar-refractivity contribution in [2.24, 2.45) is 0 Å². The van der Waals surface area contributed by atoms with Gasteiger partial charge >= 0.3 is 24.1 Å². The number of nitrogens with one attached hydrogen (secondary N) is 4. The van der Waals surface area contributed by atoms with Crippen LogP contribution in [0.25, 0.3) is 11.1 Å². The summed E-state index contributed by atoms with van der Waals surface area (Å²) in [5, 5.41) is 10.8.